The van der Waals surface area contributed by atoms with Crippen LogP contribution >= 0.6 is 0 Å². The minimum Gasteiger partial charge on any atom is -0.359 e. The first-order valence-electron chi connectivity index (χ1n) is 7.20. The number of rotatable bonds is 7. The van der Waals surface area contributed by atoms with Gasteiger partial charge in [-0.3, -0.25) is 4.79 Å². The van der Waals surface area contributed by atoms with E-state index in [1.165, 1.54) is 12.5 Å². The molecule has 0 fully saturated rings. The van der Waals surface area contributed by atoms with Gasteiger partial charge in [0, 0.05) is 14.0 Å². The number of ether oxygens (including phenoxy) is 2. The zero-order valence-corrected chi connectivity index (χ0v) is 12.9. The lowest BCUT2D eigenvalue weighted by Crippen LogP contribution is -2.29. The highest BCUT2D eigenvalue weighted by molar-refractivity contribution is 5.73. The quantitative estimate of drug-likeness (QED) is 0.631. The van der Waals surface area contributed by atoms with Crippen LogP contribution < -0.4 is 5.32 Å². The van der Waals surface area contributed by atoms with Crippen molar-refractivity contribution < 1.29 is 14.3 Å². The molecule has 2 aromatic rings. The van der Waals surface area contributed by atoms with E-state index in [2.05, 4.69) is 29.6 Å². The molecule has 4 nitrogen and oxygen atoms in total. The number of carbonyl (C=O) groups excluding carboxylic acids is 1. The molecule has 1 N–H and O–H groups in total. The van der Waals surface area contributed by atoms with Crippen molar-refractivity contribution in [2.24, 2.45) is 0 Å². The molecule has 0 aliphatic heterocycles. The molecular formula is C18H21NO3. The van der Waals surface area contributed by atoms with Gasteiger partial charge in [0.2, 0.25) is 5.91 Å². The van der Waals surface area contributed by atoms with E-state index < -0.39 is 0 Å². The molecule has 0 aliphatic carbocycles. The van der Waals surface area contributed by atoms with Crippen molar-refractivity contribution in [1.29, 1.82) is 0 Å². The van der Waals surface area contributed by atoms with Crippen LogP contribution in [0, 0.1) is 0 Å². The molecule has 2 aromatic carbocycles. The molecule has 0 aromatic heterocycles. The smallest absolute Gasteiger partial charge is 0.217 e. The molecule has 116 valence electrons. The van der Waals surface area contributed by atoms with Crippen LogP contribution in [0.5, 0.6) is 0 Å². The Morgan fingerprint density at radius 2 is 1.68 bits per heavy atom. The Labute approximate surface area is 131 Å². The number of hydrogen-bond donors (Lipinski definition) is 1. The first-order chi connectivity index (χ1) is 10.7. The molecule has 0 saturated carbocycles. The predicted octanol–water partition coefficient (Wildman–Crippen LogP) is 3.15. The van der Waals surface area contributed by atoms with Gasteiger partial charge in [-0.15, -0.1) is 0 Å². The van der Waals surface area contributed by atoms with E-state index in [4.69, 9.17) is 9.47 Å². The van der Waals surface area contributed by atoms with Crippen LogP contribution in [-0.4, -0.2) is 26.4 Å². The number of nitrogens with one attached hydrogen (secondary N) is 1. The molecule has 2 rings (SSSR count). The summed E-state index contributed by atoms with van der Waals surface area (Å²) in [7, 11) is 1.57. The van der Waals surface area contributed by atoms with Gasteiger partial charge in [-0.1, -0.05) is 54.6 Å². The first kappa shape index (κ1) is 16.2. The Kier molecular flexibility index (Phi) is 6.13. The standard InChI is InChI=1S/C18H21NO3/c1-14(20)19-18(12-22-13-21-2)17-10-8-16(9-11-17)15-6-4-3-5-7-15/h3-11,18H,12-13H2,1-2H3,(H,19,20)/t18-/m1/s1. The van der Waals surface area contributed by atoms with Gasteiger partial charge < -0.3 is 14.8 Å². The Hall–Kier alpha value is -2.17. The van der Waals surface area contributed by atoms with E-state index in [9.17, 15) is 4.79 Å². The third-order valence-corrected chi connectivity index (χ3v) is 3.28. The highest BCUT2D eigenvalue weighted by Crippen LogP contribution is 2.22. The van der Waals surface area contributed by atoms with Gasteiger partial charge in [-0.25, -0.2) is 0 Å². The summed E-state index contributed by atoms with van der Waals surface area (Å²) < 4.78 is 10.3. The summed E-state index contributed by atoms with van der Waals surface area (Å²) in [6.07, 6.45) is 0. The van der Waals surface area contributed by atoms with Crippen LogP contribution in [0.25, 0.3) is 11.1 Å². The van der Waals surface area contributed by atoms with E-state index in [0.29, 0.717) is 6.61 Å². The lowest BCUT2D eigenvalue weighted by molar-refractivity contribution is -0.120. The highest BCUT2D eigenvalue weighted by atomic mass is 16.7. The van der Waals surface area contributed by atoms with Crippen molar-refractivity contribution in [3.05, 3.63) is 60.2 Å². The molecule has 0 unspecified atom stereocenters. The molecule has 0 heterocycles. The molecule has 1 atom stereocenters. The molecule has 4 heteroatoms. The fourth-order valence-electron chi connectivity index (χ4n) is 2.25. The minimum absolute atomic E-state index is 0.0850. The third-order valence-electron chi connectivity index (χ3n) is 3.28. The predicted molar refractivity (Wildman–Crippen MR) is 86.3 cm³/mol. The maximum absolute atomic E-state index is 11.4. The Morgan fingerprint density at radius 3 is 2.27 bits per heavy atom. The van der Waals surface area contributed by atoms with Gasteiger partial charge in [0.15, 0.2) is 0 Å². The molecule has 0 bridgehead atoms. The summed E-state index contributed by atoms with van der Waals surface area (Å²) in [5.74, 6) is -0.0850. The fourth-order valence-corrected chi connectivity index (χ4v) is 2.25. The third kappa shape index (κ3) is 4.69. The maximum atomic E-state index is 11.4. The van der Waals surface area contributed by atoms with Crippen LogP contribution in [0.4, 0.5) is 0 Å². The largest absolute Gasteiger partial charge is 0.359 e. The van der Waals surface area contributed by atoms with Crippen molar-refractivity contribution in [1.82, 2.24) is 5.32 Å². The van der Waals surface area contributed by atoms with Gasteiger partial charge in [-0.2, -0.15) is 0 Å². The second kappa shape index (κ2) is 8.32. The monoisotopic (exact) mass is 299 g/mol. The zero-order valence-electron chi connectivity index (χ0n) is 12.9. The molecule has 0 saturated heterocycles. The second-order valence-electron chi connectivity index (χ2n) is 5.02. The summed E-state index contributed by atoms with van der Waals surface area (Å²) in [5, 5.41) is 2.89. The van der Waals surface area contributed by atoms with Gasteiger partial charge in [0.25, 0.3) is 0 Å². The van der Waals surface area contributed by atoms with Crippen LogP contribution in [0.3, 0.4) is 0 Å². The molecular weight excluding hydrogens is 278 g/mol. The van der Waals surface area contributed by atoms with Crippen LogP contribution in [0.15, 0.2) is 54.6 Å². The van der Waals surface area contributed by atoms with Gasteiger partial charge in [0.1, 0.15) is 6.79 Å². The second-order valence-corrected chi connectivity index (χ2v) is 5.02. The Balaban J connectivity index is 2.12. The van der Waals surface area contributed by atoms with Crippen molar-refractivity contribution in [2.75, 3.05) is 20.5 Å². The van der Waals surface area contributed by atoms with E-state index in [0.717, 1.165) is 11.1 Å². The average Bonchev–Trinajstić information content (AvgIpc) is 2.55. The summed E-state index contributed by atoms with van der Waals surface area (Å²) in [4.78, 5) is 11.4. The van der Waals surface area contributed by atoms with Gasteiger partial charge >= 0.3 is 0 Å². The SMILES string of the molecule is COCOC[C@@H](NC(C)=O)c1ccc(-c2ccccc2)cc1. The number of methoxy groups -OCH3 is 1. The number of benzene rings is 2. The average molecular weight is 299 g/mol. The Bertz CT molecular complexity index is 581. The lowest BCUT2D eigenvalue weighted by Gasteiger charge is -2.18. The minimum atomic E-state index is -0.183. The van der Waals surface area contributed by atoms with E-state index >= 15 is 0 Å². The van der Waals surface area contributed by atoms with Crippen molar-refractivity contribution in [3.63, 3.8) is 0 Å². The summed E-state index contributed by atoms with van der Waals surface area (Å²) >= 11 is 0. The highest BCUT2D eigenvalue weighted by Gasteiger charge is 2.13. The summed E-state index contributed by atoms with van der Waals surface area (Å²) in [6.45, 7) is 2.08. The van der Waals surface area contributed by atoms with Crippen molar-refractivity contribution in [2.45, 2.75) is 13.0 Å². The number of carbonyl (C=O) groups is 1. The van der Waals surface area contributed by atoms with Crippen molar-refractivity contribution >= 4 is 5.91 Å². The van der Waals surface area contributed by atoms with E-state index in [-0.39, 0.29) is 18.7 Å². The van der Waals surface area contributed by atoms with Crippen molar-refractivity contribution in [3.8, 4) is 11.1 Å². The van der Waals surface area contributed by atoms with Crippen LogP contribution in [0.2, 0.25) is 0 Å². The maximum Gasteiger partial charge on any atom is 0.217 e. The normalized spacial score (nSPS) is 11.9. The lowest BCUT2D eigenvalue weighted by atomic mass is 10.0. The molecule has 0 aliphatic rings. The van der Waals surface area contributed by atoms with Crippen LogP contribution in [0.1, 0.15) is 18.5 Å². The molecule has 1 amide bonds. The molecule has 0 radical (unpaired) electrons. The molecule has 0 spiro atoms. The molecule has 22 heavy (non-hydrogen) atoms. The number of amides is 1. The van der Waals surface area contributed by atoms with E-state index in [1.807, 2.05) is 30.3 Å². The topological polar surface area (TPSA) is 47.6 Å². The van der Waals surface area contributed by atoms with Crippen LogP contribution in [-0.2, 0) is 14.3 Å². The number of hydrogen-bond acceptors (Lipinski definition) is 3. The van der Waals surface area contributed by atoms with Gasteiger partial charge in [0.05, 0.1) is 12.6 Å². The first-order valence-corrected chi connectivity index (χ1v) is 7.20. The Morgan fingerprint density at radius 1 is 1.05 bits per heavy atom. The van der Waals surface area contributed by atoms with E-state index in [1.54, 1.807) is 7.11 Å². The van der Waals surface area contributed by atoms with Gasteiger partial charge in [-0.05, 0) is 16.7 Å². The fraction of sp³-hybridized carbons (Fsp3) is 0.278. The zero-order chi connectivity index (χ0) is 15.8. The summed E-state index contributed by atoms with van der Waals surface area (Å²) in [5.41, 5.74) is 3.32. The summed E-state index contributed by atoms with van der Waals surface area (Å²) in [6, 6.07) is 18.1.